The van der Waals surface area contributed by atoms with Gasteiger partial charge in [-0.1, -0.05) is 0 Å². The monoisotopic (exact) mass is 226 g/mol. The van der Waals surface area contributed by atoms with Crippen LogP contribution in [0.2, 0.25) is 0 Å². The summed E-state index contributed by atoms with van der Waals surface area (Å²) in [7, 11) is 0. The maximum Gasteiger partial charge on any atom is 0.313 e. The SMILES string of the molecule is CCOC(=O)CC(=O)c1cc(C)sc1C. The first-order chi connectivity index (χ1) is 7.04. The van der Waals surface area contributed by atoms with Gasteiger partial charge in [-0.2, -0.15) is 0 Å². The van der Waals surface area contributed by atoms with Crippen molar-refractivity contribution in [3.05, 3.63) is 21.4 Å². The molecule has 0 N–H and O–H groups in total. The number of hydrogen-bond donors (Lipinski definition) is 0. The van der Waals surface area contributed by atoms with Crippen LogP contribution in [0.25, 0.3) is 0 Å². The van der Waals surface area contributed by atoms with E-state index in [4.69, 9.17) is 4.74 Å². The molecule has 0 amide bonds. The first-order valence-corrected chi connectivity index (χ1v) is 5.62. The number of Topliss-reactive ketones (excluding diaryl/α,β-unsaturated/α-hetero) is 1. The zero-order valence-corrected chi connectivity index (χ0v) is 9.94. The highest BCUT2D eigenvalue weighted by atomic mass is 32.1. The summed E-state index contributed by atoms with van der Waals surface area (Å²) in [5, 5.41) is 0. The minimum Gasteiger partial charge on any atom is -0.466 e. The summed E-state index contributed by atoms with van der Waals surface area (Å²) >= 11 is 1.57. The van der Waals surface area contributed by atoms with E-state index in [-0.39, 0.29) is 12.2 Å². The number of thiophene rings is 1. The fourth-order valence-corrected chi connectivity index (χ4v) is 2.29. The van der Waals surface area contributed by atoms with Gasteiger partial charge in [0, 0.05) is 15.3 Å². The van der Waals surface area contributed by atoms with E-state index >= 15 is 0 Å². The molecule has 0 saturated carbocycles. The van der Waals surface area contributed by atoms with Crippen molar-refractivity contribution < 1.29 is 14.3 Å². The Morgan fingerprint density at radius 2 is 2.07 bits per heavy atom. The lowest BCUT2D eigenvalue weighted by Gasteiger charge is -2.00. The van der Waals surface area contributed by atoms with Gasteiger partial charge in [0.05, 0.1) is 6.61 Å². The van der Waals surface area contributed by atoms with Gasteiger partial charge in [0.25, 0.3) is 0 Å². The van der Waals surface area contributed by atoms with E-state index in [1.165, 1.54) is 0 Å². The Morgan fingerprint density at radius 1 is 1.40 bits per heavy atom. The fourth-order valence-electron chi connectivity index (χ4n) is 1.35. The Morgan fingerprint density at radius 3 is 2.53 bits per heavy atom. The average Bonchev–Trinajstić information content (AvgIpc) is 2.45. The molecule has 1 rings (SSSR count). The lowest BCUT2D eigenvalue weighted by atomic mass is 10.1. The molecule has 0 unspecified atom stereocenters. The zero-order chi connectivity index (χ0) is 11.4. The van der Waals surface area contributed by atoms with Crippen LogP contribution in [0.4, 0.5) is 0 Å². The third-order valence-electron chi connectivity index (χ3n) is 1.95. The molecule has 15 heavy (non-hydrogen) atoms. The quantitative estimate of drug-likeness (QED) is 0.450. The van der Waals surface area contributed by atoms with Crippen LogP contribution in [-0.2, 0) is 9.53 Å². The van der Waals surface area contributed by atoms with Crippen molar-refractivity contribution in [2.45, 2.75) is 27.2 Å². The molecule has 1 heterocycles. The van der Waals surface area contributed by atoms with Crippen molar-refractivity contribution in [3.63, 3.8) is 0 Å². The second-order valence-electron chi connectivity index (χ2n) is 3.23. The predicted molar refractivity (Wildman–Crippen MR) is 59.4 cm³/mol. The normalized spacial score (nSPS) is 10.1. The number of aryl methyl sites for hydroxylation is 2. The van der Waals surface area contributed by atoms with Gasteiger partial charge in [-0.3, -0.25) is 9.59 Å². The largest absolute Gasteiger partial charge is 0.466 e. The van der Waals surface area contributed by atoms with Crippen molar-refractivity contribution in [1.82, 2.24) is 0 Å². The summed E-state index contributed by atoms with van der Waals surface area (Å²) in [4.78, 5) is 24.8. The molecular formula is C11H14O3S. The van der Waals surface area contributed by atoms with Gasteiger partial charge >= 0.3 is 5.97 Å². The maximum absolute atomic E-state index is 11.7. The number of carbonyl (C=O) groups excluding carboxylic acids is 2. The third-order valence-corrected chi connectivity index (χ3v) is 2.92. The molecule has 0 aromatic carbocycles. The van der Waals surface area contributed by atoms with Crippen molar-refractivity contribution >= 4 is 23.1 Å². The summed E-state index contributed by atoms with van der Waals surface area (Å²) < 4.78 is 4.72. The number of esters is 1. The van der Waals surface area contributed by atoms with Crippen LogP contribution in [0.15, 0.2) is 6.07 Å². The number of ether oxygens (including phenoxy) is 1. The van der Waals surface area contributed by atoms with E-state index in [2.05, 4.69) is 0 Å². The first-order valence-electron chi connectivity index (χ1n) is 4.80. The van der Waals surface area contributed by atoms with Gasteiger partial charge in [-0.15, -0.1) is 11.3 Å². The molecule has 0 fully saturated rings. The average molecular weight is 226 g/mol. The molecule has 1 aromatic heterocycles. The second kappa shape index (κ2) is 5.07. The Hall–Kier alpha value is -1.16. The van der Waals surface area contributed by atoms with Crippen molar-refractivity contribution in [1.29, 1.82) is 0 Å². The lowest BCUT2D eigenvalue weighted by molar-refractivity contribution is -0.141. The van der Waals surface area contributed by atoms with Crippen LogP contribution >= 0.6 is 11.3 Å². The van der Waals surface area contributed by atoms with Crippen LogP contribution < -0.4 is 0 Å². The van der Waals surface area contributed by atoms with E-state index < -0.39 is 5.97 Å². The number of carbonyl (C=O) groups is 2. The molecule has 0 aliphatic heterocycles. The summed E-state index contributed by atoms with van der Waals surface area (Å²) in [6.07, 6.45) is -0.162. The van der Waals surface area contributed by atoms with Gasteiger partial charge in [0.15, 0.2) is 5.78 Å². The van der Waals surface area contributed by atoms with Gasteiger partial charge < -0.3 is 4.74 Å². The number of ketones is 1. The van der Waals surface area contributed by atoms with Gasteiger partial charge in [0.1, 0.15) is 6.42 Å². The topological polar surface area (TPSA) is 43.4 Å². The molecule has 0 saturated heterocycles. The van der Waals surface area contributed by atoms with Crippen molar-refractivity contribution in [2.24, 2.45) is 0 Å². The highest BCUT2D eigenvalue weighted by Gasteiger charge is 2.16. The molecular weight excluding hydrogens is 212 g/mol. The Labute approximate surface area is 93.1 Å². The molecule has 4 heteroatoms. The summed E-state index contributed by atoms with van der Waals surface area (Å²) in [5.74, 6) is -0.610. The van der Waals surface area contributed by atoms with E-state index in [0.29, 0.717) is 12.2 Å². The first kappa shape index (κ1) is 11.9. The third kappa shape index (κ3) is 3.16. The van der Waals surface area contributed by atoms with Crippen LogP contribution in [0.5, 0.6) is 0 Å². The smallest absolute Gasteiger partial charge is 0.313 e. The van der Waals surface area contributed by atoms with E-state index in [1.807, 2.05) is 19.9 Å². The van der Waals surface area contributed by atoms with Crippen LogP contribution in [0.1, 0.15) is 33.5 Å². The van der Waals surface area contributed by atoms with Gasteiger partial charge in [-0.05, 0) is 26.8 Å². The summed E-state index contributed by atoms with van der Waals surface area (Å²) in [5.41, 5.74) is 0.644. The van der Waals surface area contributed by atoms with Crippen molar-refractivity contribution in [3.8, 4) is 0 Å². The van der Waals surface area contributed by atoms with E-state index in [9.17, 15) is 9.59 Å². The molecule has 0 aliphatic carbocycles. The van der Waals surface area contributed by atoms with E-state index in [0.717, 1.165) is 9.75 Å². The number of hydrogen-bond acceptors (Lipinski definition) is 4. The molecule has 3 nitrogen and oxygen atoms in total. The molecule has 0 bridgehead atoms. The second-order valence-corrected chi connectivity index (χ2v) is 4.69. The molecule has 82 valence electrons. The van der Waals surface area contributed by atoms with Crippen LogP contribution in [0.3, 0.4) is 0 Å². The van der Waals surface area contributed by atoms with Crippen LogP contribution in [0, 0.1) is 13.8 Å². The van der Waals surface area contributed by atoms with Crippen molar-refractivity contribution in [2.75, 3.05) is 6.61 Å². The Bertz CT molecular complexity index is 379. The minimum absolute atomic E-state index is 0.157. The Balaban J connectivity index is 2.69. The summed E-state index contributed by atoms with van der Waals surface area (Å²) in [6.45, 7) is 5.87. The highest BCUT2D eigenvalue weighted by molar-refractivity contribution is 7.12. The number of rotatable bonds is 4. The fraction of sp³-hybridized carbons (Fsp3) is 0.455. The summed E-state index contributed by atoms with van der Waals surface area (Å²) in [6, 6.07) is 1.82. The van der Waals surface area contributed by atoms with Gasteiger partial charge in [-0.25, -0.2) is 0 Å². The van der Waals surface area contributed by atoms with Gasteiger partial charge in [0.2, 0.25) is 0 Å². The molecule has 0 aliphatic rings. The van der Waals surface area contributed by atoms with E-state index in [1.54, 1.807) is 18.3 Å². The molecule has 0 atom stereocenters. The highest BCUT2D eigenvalue weighted by Crippen LogP contribution is 2.21. The molecule has 0 spiro atoms. The standard InChI is InChI=1S/C11H14O3S/c1-4-14-11(13)6-10(12)9-5-7(2)15-8(9)3/h5H,4,6H2,1-3H3. The molecule has 0 radical (unpaired) electrons. The van der Waals surface area contributed by atoms with Crippen LogP contribution in [-0.4, -0.2) is 18.4 Å². The lowest BCUT2D eigenvalue weighted by Crippen LogP contribution is -2.11. The predicted octanol–water partition coefficient (Wildman–Crippen LogP) is 2.50. The zero-order valence-electron chi connectivity index (χ0n) is 9.12. The maximum atomic E-state index is 11.7. The minimum atomic E-state index is -0.453. The molecule has 1 aromatic rings. The Kier molecular flexibility index (Phi) is 4.03.